The molecule has 3 rings (SSSR count). The van der Waals surface area contributed by atoms with E-state index in [0.29, 0.717) is 6.61 Å². The standard InChI is InChI=1S/C15H20FNO2/c1-11-2-4-17(5-3-11)8-12-6-14(16)7-13-9-18-10-19-15(12)13/h6-7,11H,2-5,8-10H2,1H3. The minimum atomic E-state index is -0.201. The van der Waals surface area contributed by atoms with E-state index in [1.807, 2.05) is 0 Å². The lowest BCUT2D eigenvalue weighted by atomic mass is 9.98. The second-order valence-electron chi connectivity index (χ2n) is 5.62. The highest BCUT2D eigenvalue weighted by Gasteiger charge is 2.21. The van der Waals surface area contributed by atoms with Crippen LogP contribution in [0.4, 0.5) is 4.39 Å². The van der Waals surface area contributed by atoms with Crippen LogP contribution >= 0.6 is 0 Å². The Morgan fingerprint density at radius 3 is 2.89 bits per heavy atom. The van der Waals surface area contributed by atoms with Crippen LogP contribution in [0.15, 0.2) is 12.1 Å². The van der Waals surface area contributed by atoms with Crippen LogP contribution in [0.3, 0.4) is 0 Å². The van der Waals surface area contributed by atoms with Gasteiger partial charge in [0.2, 0.25) is 0 Å². The van der Waals surface area contributed by atoms with Gasteiger partial charge >= 0.3 is 0 Å². The molecule has 0 unspecified atom stereocenters. The third-order valence-corrected chi connectivity index (χ3v) is 4.02. The Kier molecular flexibility index (Phi) is 3.71. The number of fused-ring (bicyclic) bond motifs is 1. The van der Waals surface area contributed by atoms with Crippen LogP contribution in [0.5, 0.6) is 5.75 Å². The molecule has 19 heavy (non-hydrogen) atoms. The van der Waals surface area contributed by atoms with E-state index < -0.39 is 0 Å². The molecular formula is C15H20FNO2. The van der Waals surface area contributed by atoms with E-state index in [9.17, 15) is 4.39 Å². The smallest absolute Gasteiger partial charge is 0.189 e. The summed E-state index contributed by atoms with van der Waals surface area (Å²) in [7, 11) is 0. The number of piperidine rings is 1. The van der Waals surface area contributed by atoms with Gasteiger partial charge in [-0.05, 0) is 44.0 Å². The molecule has 0 bridgehead atoms. The van der Waals surface area contributed by atoms with E-state index in [0.717, 1.165) is 42.4 Å². The number of likely N-dealkylation sites (tertiary alicyclic amines) is 1. The highest BCUT2D eigenvalue weighted by Crippen LogP contribution is 2.31. The minimum Gasteiger partial charge on any atom is -0.467 e. The quantitative estimate of drug-likeness (QED) is 0.820. The zero-order valence-corrected chi connectivity index (χ0v) is 11.3. The monoisotopic (exact) mass is 265 g/mol. The van der Waals surface area contributed by atoms with Crippen molar-refractivity contribution in [2.45, 2.75) is 32.9 Å². The molecule has 2 heterocycles. The number of halogens is 1. The van der Waals surface area contributed by atoms with Crippen LogP contribution in [0.2, 0.25) is 0 Å². The summed E-state index contributed by atoms with van der Waals surface area (Å²) >= 11 is 0. The number of hydrogen-bond donors (Lipinski definition) is 0. The maximum atomic E-state index is 13.6. The molecule has 3 nitrogen and oxygen atoms in total. The first kappa shape index (κ1) is 12.9. The van der Waals surface area contributed by atoms with Crippen LogP contribution < -0.4 is 4.74 Å². The van der Waals surface area contributed by atoms with Gasteiger partial charge in [0.05, 0.1) is 6.61 Å². The lowest BCUT2D eigenvalue weighted by Crippen LogP contribution is -2.32. The number of nitrogens with zero attached hydrogens (tertiary/aromatic N) is 1. The summed E-state index contributed by atoms with van der Waals surface area (Å²) < 4.78 is 24.4. The van der Waals surface area contributed by atoms with E-state index >= 15 is 0 Å². The lowest BCUT2D eigenvalue weighted by molar-refractivity contribution is -0.0178. The van der Waals surface area contributed by atoms with E-state index in [1.54, 1.807) is 6.07 Å². The molecule has 0 atom stereocenters. The van der Waals surface area contributed by atoms with Crippen LogP contribution in [0.1, 0.15) is 30.9 Å². The summed E-state index contributed by atoms with van der Waals surface area (Å²) in [5.41, 5.74) is 1.78. The summed E-state index contributed by atoms with van der Waals surface area (Å²) in [6.07, 6.45) is 2.45. The molecule has 0 saturated carbocycles. The molecule has 1 aromatic rings. The van der Waals surface area contributed by atoms with Crippen LogP contribution in [-0.2, 0) is 17.9 Å². The van der Waals surface area contributed by atoms with Crippen LogP contribution in [0.25, 0.3) is 0 Å². The predicted octanol–water partition coefficient (Wildman–Crippen LogP) is 2.92. The average Bonchev–Trinajstić information content (AvgIpc) is 2.41. The zero-order valence-electron chi connectivity index (χ0n) is 11.3. The largest absolute Gasteiger partial charge is 0.467 e. The molecule has 1 fully saturated rings. The summed E-state index contributed by atoms with van der Waals surface area (Å²) in [5.74, 6) is 1.43. The third kappa shape index (κ3) is 2.90. The van der Waals surface area contributed by atoms with Gasteiger partial charge < -0.3 is 9.47 Å². The fraction of sp³-hybridized carbons (Fsp3) is 0.600. The average molecular weight is 265 g/mol. The molecule has 0 amide bonds. The first-order chi connectivity index (χ1) is 9.22. The van der Waals surface area contributed by atoms with Gasteiger partial charge in [0.25, 0.3) is 0 Å². The summed E-state index contributed by atoms with van der Waals surface area (Å²) in [5, 5.41) is 0. The van der Waals surface area contributed by atoms with Crippen molar-refractivity contribution in [1.82, 2.24) is 4.90 Å². The van der Waals surface area contributed by atoms with Crippen molar-refractivity contribution in [3.05, 3.63) is 29.1 Å². The van der Waals surface area contributed by atoms with Gasteiger partial charge in [-0.15, -0.1) is 0 Å². The molecule has 0 N–H and O–H groups in total. The zero-order chi connectivity index (χ0) is 13.2. The van der Waals surface area contributed by atoms with Gasteiger partial charge in [-0.25, -0.2) is 4.39 Å². The summed E-state index contributed by atoms with van der Waals surface area (Å²) in [6, 6.07) is 3.11. The second kappa shape index (κ2) is 5.47. The molecular weight excluding hydrogens is 245 g/mol. The minimum absolute atomic E-state index is 0.201. The fourth-order valence-electron chi connectivity index (χ4n) is 2.84. The predicted molar refractivity (Wildman–Crippen MR) is 70.4 cm³/mol. The first-order valence-electron chi connectivity index (χ1n) is 6.96. The first-order valence-corrected chi connectivity index (χ1v) is 6.96. The maximum absolute atomic E-state index is 13.6. The Balaban J connectivity index is 1.78. The van der Waals surface area contributed by atoms with Gasteiger partial charge in [0, 0.05) is 17.7 Å². The normalized spacial score (nSPS) is 20.9. The topological polar surface area (TPSA) is 21.7 Å². The third-order valence-electron chi connectivity index (χ3n) is 4.02. The van der Waals surface area contributed by atoms with E-state index in [4.69, 9.17) is 9.47 Å². The van der Waals surface area contributed by atoms with Crippen molar-refractivity contribution in [2.24, 2.45) is 5.92 Å². The Labute approximate surface area is 113 Å². The molecule has 1 aromatic carbocycles. The molecule has 0 aromatic heterocycles. The van der Waals surface area contributed by atoms with E-state index in [1.165, 1.54) is 18.9 Å². The van der Waals surface area contributed by atoms with E-state index in [-0.39, 0.29) is 12.6 Å². The van der Waals surface area contributed by atoms with Gasteiger partial charge in [-0.1, -0.05) is 6.92 Å². The SMILES string of the molecule is CC1CCN(Cc2cc(F)cc3c2OCOC3)CC1. The molecule has 0 spiro atoms. The maximum Gasteiger partial charge on any atom is 0.189 e. The van der Waals surface area contributed by atoms with Crippen LogP contribution in [-0.4, -0.2) is 24.8 Å². The Morgan fingerprint density at radius 2 is 2.11 bits per heavy atom. The Bertz CT molecular complexity index is 456. The Hall–Kier alpha value is -1.13. The van der Waals surface area contributed by atoms with Gasteiger partial charge in [-0.2, -0.15) is 0 Å². The summed E-state index contributed by atoms with van der Waals surface area (Å²) in [6.45, 7) is 5.94. The number of rotatable bonds is 2. The van der Waals surface area contributed by atoms with Crippen molar-refractivity contribution >= 4 is 0 Å². The van der Waals surface area contributed by atoms with Crippen LogP contribution in [0, 0.1) is 11.7 Å². The van der Waals surface area contributed by atoms with Crippen molar-refractivity contribution in [2.75, 3.05) is 19.9 Å². The Morgan fingerprint density at radius 1 is 1.32 bits per heavy atom. The molecule has 2 aliphatic heterocycles. The van der Waals surface area contributed by atoms with Gasteiger partial charge in [0.15, 0.2) is 6.79 Å². The van der Waals surface area contributed by atoms with Gasteiger partial charge in [-0.3, -0.25) is 4.90 Å². The van der Waals surface area contributed by atoms with Crippen molar-refractivity contribution in [1.29, 1.82) is 0 Å². The molecule has 104 valence electrons. The fourth-order valence-corrected chi connectivity index (χ4v) is 2.84. The van der Waals surface area contributed by atoms with Crippen molar-refractivity contribution < 1.29 is 13.9 Å². The van der Waals surface area contributed by atoms with Crippen molar-refractivity contribution in [3.63, 3.8) is 0 Å². The van der Waals surface area contributed by atoms with E-state index in [2.05, 4.69) is 11.8 Å². The highest BCUT2D eigenvalue weighted by molar-refractivity contribution is 5.42. The summed E-state index contributed by atoms with van der Waals surface area (Å²) in [4.78, 5) is 2.38. The number of ether oxygens (including phenoxy) is 2. The highest BCUT2D eigenvalue weighted by atomic mass is 19.1. The molecule has 1 saturated heterocycles. The van der Waals surface area contributed by atoms with Gasteiger partial charge in [0.1, 0.15) is 11.6 Å². The molecule has 0 aliphatic carbocycles. The van der Waals surface area contributed by atoms with Crippen molar-refractivity contribution in [3.8, 4) is 5.75 Å². The number of benzene rings is 1. The number of hydrogen-bond acceptors (Lipinski definition) is 3. The second-order valence-corrected chi connectivity index (χ2v) is 5.62. The molecule has 0 radical (unpaired) electrons. The molecule has 2 aliphatic rings. The molecule has 4 heteroatoms. The lowest BCUT2D eigenvalue weighted by Gasteiger charge is -2.31.